The summed E-state index contributed by atoms with van der Waals surface area (Å²) < 4.78 is 0. The number of hydrogen-bond acceptors (Lipinski definition) is 0. The van der Waals surface area contributed by atoms with Crippen LogP contribution in [0.5, 0.6) is 0 Å². The molecule has 0 saturated carbocycles. The Morgan fingerprint density at radius 2 is 1.00 bits per heavy atom. The van der Waals surface area contributed by atoms with Gasteiger partial charge in [-0.15, -0.1) is 12.4 Å². The molecule has 0 aliphatic heterocycles. The van der Waals surface area contributed by atoms with Crippen molar-refractivity contribution in [3.63, 3.8) is 0 Å². The van der Waals surface area contributed by atoms with Gasteiger partial charge in [0.25, 0.3) is 0 Å². The van der Waals surface area contributed by atoms with Gasteiger partial charge in [0.2, 0.25) is 0 Å². The first-order valence-electron chi connectivity index (χ1n) is 0. The molecule has 0 unspecified atom stereocenters. The number of halogens is 1. The Kier molecular flexibility index (Phi) is 97.3. The summed E-state index contributed by atoms with van der Waals surface area (Å²) in [7, 11) is 0. The fraction of sp³-hybridized carbons (Fsp3) is 0. The minimum absolute atomic E-state index is 0. The second-order valence-corrected chi connectivity index (χ2v) is 0. The predicted octanol–water partition coefficient (Wildman–Crippen LogP) is -8.23. The van der Waals surface area contributed by atoms with E-state index in [1.54, 1.807) is 0 Å². The van der Waals surface area contributed by atoms with Crippen molar-refractivity contribution in [3.8, 4) is 0 Å². The molecule has 14 valence electrons. The molecule has 0 amide bonds. The monoisotopic (exact) mass is 124 g/mol. The van der Waals surface area contributed by atoms with Crippen LogP contribution < -0.4 is 110 Å². The number of rotatable bonds is 0. The van der Waals surface area contributed by atoms with E-state index in [0.29, 0.717) is 0 Å². The van der Waals surface area contributed by atoms with Gasteiger partial charge in [0.15, 0.2) is 0 Å². The summed E-state index contributed by atoms with van der Waals surface area (Å²) in [6.07, 6.45) is 0. The van der Waals surface area contributed by atoms with Gasteiger partial charge in [0.05, 0.1) is 0 Å². The van der Waals surface area contributed by atoms with Gasteiger partial charge in [0, 0.05) is 0 Å². The van der Waals surface area contributed by atoms with Gasteiger partial charge >= 0.3 is 110 Å². The summed E-state index contributed by atoms with van der Waals surface area (Å²) in [5.74, 6) is 0. The maximum atomic E-state index is 0. The van der Waals surface area contributed by atoms with E-state index in [-0.39, 0.29) is 127 Å². The SMILES string of the molecule is Cl.[H-].[H-].[H-].[K+].[Na+].[Na+]. The summed E-state index contributed by atoms with van der Waals surface area (Å²) >= 11 is 0. The Balaban J connectivity index is 0. The number of hydrogen-bond donors (Lipinski definition) is 0. The van der Waals surface area contributed by atoms with Crippen LogP contribution in [0.3, 0.4) is 0 Å². The van der Waals surface area contributed by atoms with Gasteiger partial charge in [-0.05, 0) is 0 Å². The molecule has 0 rings (SSSR count). The molecule has 0 spiro atoms. The molecule has 0 fully saturated rings. The van der Waals surface area contributed by atoms with Gasteiger partial charge < -0.3 is 4.28 Å². The molecule has 0 N–H and O–H groups in total. The topological polar surface area (TPSA) is 0 Å². The molecule has 0 aliphatic carbocycles. The molecule has 0 radical (unpaired) electrons. The van der Waals surface area contributed by atoms with Crippen molar-refractivity contribution in [2.45, 2.75) is 0 Å². The zero-order chi connectivity index (χ0) is 0. The third kappa shape index (κ3) is 9.33. The normalized spacial score (nSPS) is 0. The maximum Gasteiger partial charge on any atom is 1.00 e. The molecule has 0 bridgehead atoms. The first kappa shape index (κ1) is 24.7. The minimum Gasteiger partial charge on any atom is -1.00 e. The Bertz CT molecular complexity index is 12.9. The van der Waals surface area contributed by atoms with Crippen LogP contribution in [0.1, 0.15) is 4.28 Å². The second-order valence-electron chi connectivity index (χ2n) is 0. The third-order valence-corrected chi connectivity index (χ3v) is 0. The van der Waals surface area contributed by atoms with Crippen LogP contribution in [0.15, 0.2) is 0 Å². The Labute approximate surface area is 124 Å². The van der Waals surface area contributed by atoms with Crippen LogP contribution in [0.2, 0.25) is 0 Å². The van der Waals surface area contributed by atoms with Crippen molar-refractivity contribution in [1.82, 2.24) is 0 Å². The average Bonchev–Trinajstić information content (AvgIpc) is 0. The molecule has 0 aliphatic rings. The zero-order valence-electron chi connectivity index (χ0n) is 6.41. The molecule has 4 heavy (non-hydrogen) atoms. The van der Waals surface area contributed by atoms with Gasteiger partial charge in [-0.3, -0.25) is 0 Å². The van der Waals surface area contributed by atoms with E-state index in [4.69, 9.17) is 0 Å². The van der Waals surface area contributed by atoms with E-state index in [1.807, 2.05) is 0 Å². The van der Waals surface area contributed by atoms with Gasteiger partial charge in [-0.2, -0.15) is 0 Å². The van der Waals surface area contributed by atoms with Crippen LogP contribution in [0.4, 0.5) is 0 Å². The van der Waals surface area contributed by atoms with Crippen LogP contribution in [0.25, 0.3) is 0 Å². The minimum atomic E-state index is 0. The van der Waals surface area contributed by atoms with Crippen LogP contribution in [-0.4, -0.2) is 0 Å². The zero-order valence-corrected chi connectivity index (χ0v) is 11.3. The van der Waals surface area contributed by atoms with E-state index in [1.165, 1.54) is 0 Å². The molecule has 0 nitrogen and oxygen atoms in total. The predicted molar refractivity (Wildman–Crippen MR) is 10.6 cm³/mol. The van der Waals surface area contributed by atoms with Gasteiger partial charge in [-0.1, -0.05) is 0 Å². The van der Waals surface area contributed by atoms with Crippen molar-refractivity contribution >= 4 is 12.4 Å². The van der Waals surface area contributed by atoms with Crippen molar-refractivity contribution in [3.05, 3.63) is 0 Å². The average molecular weight is 125 g/mol. The molecule has 0 heterocycles. The maximum absolute atomic E-state index is 0. The standard InChI is InChI=1S/ClH.K.2Na.3H/h1H;;;;;;/q;3*+1;3*-1. The first-order valence-corrected chi connectivity index (χ1v) is 0. The smallest absolute Gasteiger partial charge is 1.00 e. The van der Waals surface area contributed by atoms with Crippen molar-refractivity contribution in [2.75, 3.05) is 0 Å². The molecule has 0 atom stereocenters. The molecule has 0 saturated heterocycles. The third-order valence-electron chi connectivity index (χ3n) is 0. The summed E-state index contributed by atoms with van der Waals surface area (Å²) in [4.78, 5) is 0. The molecule has 4 heteroatoms. The summed E-state index contributed by atoms with van der Waals surface area (Å²) in [5.41, 5.74) is 0. The van der Waals surface area contributed by atoms with E-state index in [2.05, 4.69) is 0 Å². The molecular formula is H4ClKNa2. The largest absolute Gasteiger partial charge is 1.00 e. The van der Waals surface area contributed by atoms with Crippen molar-refractivity contribution in [2.24, 2.45) is 0 Å². The summed E-state index contributed by atoms with van der Waals surface area (Å²) in [5, 5.41) is 0. The Morgan fingerprint density at radius 3 is 1.00 bits per heavy atom. The van der Waals surface area contributed by atoms with Crippen LogP contribution in [0, 0.1) is 0 Å². The second kappa shape index (κ2) is 15.8. The van der Waals surface area contributed by atoms with Gasteiger partial charge in [0.1, 0.15) is 0 Å². The van der Waals surface area contributed by atoms with Crippen LogP contribution >= 0.6 is 12.4 Å². The fourth-order valence-corrected chi connectivity index (χ4v) is 0. The molecule has 0 aromatic heterocycles. The van der Waals surface area contributed by atoms with E-state index in [0.717, 1.165) is 0 Å². The van der Waals surface area contributed by atoms with E-state index < -0.39 is 0 Å². The Morgan fingerprint density at radius 1 is 1.00 bits per heavy atom. The van der Waals surface area contributed by atoms with Crippen molar-refractivity contribution < 1.29 is 115 Å². The molecule has 0 aromatic rings. The van der Waals surface area contributed by atoms with E-state index >= 15 is 0 Å². The fourth-order valence-electron chi connectivity index (χ4n) is 0. The quantitative estimate of drug-likeness (QED) is 0.282. The summed E-state index contributed by atoms with van der Waals surface area (Å²) in [6.45, 7) is 0. The first-order chi connectivity index (χ1) is 0. The molecule has 0 aromatic carbocycles. The van der Waals surface area contributed by atoms with E-state index in [9.17, 15) is 0 Å². The van der Waals surface area contributed by atoms with Gasteiger partial charge in [-0.25, -0.2) is 0 Å². The van der Waals surface area contributed by atoms with Crippen molar-refractivity contribution in [1.29, 1.82) is 0 Å². The van der Waals surface area contributed by atoms with Crippen LogP contribution in [-0.2, 0) is 0 Å². The summed E-state index contributed by atoms with van der Waals surface area (Å²) in [6, 6.07) is 0. The molecular weight excluding hydrogens is 121 g/mol. The Hall–Kier alpha value is 3.93.